The lowest BCUT2D eigenvalue weighted by atomic mass is 10.1. The molecular formula is C22H14ClF7N4O3. The third-order valence-corrected chi connectivity index (χ3v) is 4.85. The molecule has 2 N–H and O–H groups in total. The molecule has 37 heavy (non-hydrogen) atoms. The lowest BCUT2D eigenvalue weighted by molar-refractivity contribution is -0.143. The summed E-state index contributed by atoms with van der Waals surface area (Å²) in [4.78, 5) is 27.8. The van der Waals surface area contributed by atoms with Gasteiger partial charge < -0.3 is 10.4 Å². The van der Waals surface area contributed by atoms with E-state index >= 15 is 0 Å². The van der Waals surface area contributed by atoms with E-state index in [4.69, 9.17) is 16.7 Å². The number of carbonyl (C=O) groups is 2. The molecule has 3 rings (SSSR count). The molecule has 15 heteroatoms. The van der Waals surface area contributed by atoms with Crippen LogP contribution in [0.5, 0.6) is 0 Å². The smallest absolute Gasteiger partial charge is 0.435 e. The molecule has 0 unspecified atom stereocenters. The summed E-state index contributed by atoms with van der Waals surface area (Å²) >= 11 is 5.79. The number of halogens is 8. The van der Waals surface area contributed by atoms with E-state index in [1.165, 1.54) is 6.07 Å². The average molecular weight is 551 g/mol. The Balaban J connectivity index is 2.01. The van der Waals surface area contributed by atoms with Gasteiger partial charge in [0, 0.05) is 22.7 Å². The van der Waals surface area contributed by atoms with Gasteiger partial charge in [0.25, 0.3) is 5.91 Å². The van der Waals surface area contributed by atoms with Crippen LogP contribution in [0.3, 0.4) is 0 Å². The van der Waals surface area contributed by atoms with E-state index in [0.717, 1.165) is 24.3 Å². The van der Waals surface area contributed by atoms with Crippen molar-refractivity contribution >= 4 is 35.0 Å². The van der Waals surface area contributed by atoms with E-state index < -0.39 is 60.1 Å². The van der Waals surface area contributed by atoms with Crippen LogP contribution in [0.15, 0.2) is 53.5 Å². The first-order chi connectivity index (χ1) is 17.1. The summed E-state index contributed by atoms with van der Waals surface area (Å²) in [5.74, 6) is -3.72. The Morgan fingerprint density at radius 3 is 2.19 bits per heavy atom. The lowest BCUT2D eigenvalue weighted by Gasteiger charge is -2.12. The maximum Gasteiger partial charge on any atom is 0.435 e. The normalized spacial score (nSPS) is 12.5. The monoisotopic (exact) mass is 550 g/mol. The summed E-state index contributed by atoms with van der Waals surface area (Å²) in [5.41, 5.74) is -3.18. The van der Waals surface area contributed by atoms with Crippen LogP contribution in [-0.4, -0.2) is 32.6 Å². The van der Waals surface area contributed by atoms with Gasteiger partial charge in [-0.3, -0.25) is 14.3 Å². The molecule has 0 atom stereocenters. The highest BCUT2D eigenvalue weighted by Crippen LogP contribution is 2.30. The molecule has 0 aliphatic heterocycles. The van der Waals surface area contributed by atoms with Gasteiger partial charge in [-0.15, -0.1) is 0 Å². The summed E-state index contributed by atoms with van der Waals surface area (Å²) in [6.45, 7) is -0.961. The van der Waals surface area contributed by atoms with Crippen LogP contribution in [0.1, 0.15) is 27.3 Å². The van der Waals surface area contributed by atoms with Gasteiger partial charge in [-0.05, 0) is 48.5 Å². The first kappa shape index (κ1) is 27.6. The second-order valence-electron chi connectivity index (χ2n) is 7.46. The van der Waals surface area contributed by atoms with Gasteiger partial charge in [-0.25, -0.2) is 9.38 Å². The van der Waals surface area contributed by atoms with Crippen LogP contribution in [0, 0.1) is 5.82 Å². The van der Waals surface area contributed by atoms with E-state index in [1.807, 2.05) is 0 Å². The summed E-state index contributed by atoms with van der Waals surface area (Å²) in [6, 6.07) is 6.58. The molecule has 2 aromatic carbocycles. The molecule has 0 aliphatic rings. The lowest BCUT2D eigenvalue weighted by Crippen LogP contribution is -2.32. The van der Waals surface area contributed by atoms with Crippen molar-refractivity contribution in [2.75, 3.05) is 0 Å². The molecule has 1 amide bonds. The molecule has 3 aromatic rings. The number of benzene rings is 2. The molecule has 0 saturated carbocycles. The second-order valence-corrected chi connectivity index (χ2v) is 7.90. The van der Waals surface area contributed by atoms with Gasteiger partial charge in [0.15, 0.2) is 5.69 Å². The number of hydrogen-bond acceptors (Lipinski definition) is 4. The number of rotatable bonds is 6. The molecule has 196 valence electrons. The van der Waals surface area contributed by atoms with Crippen LogP contribution in [0.2, 0.25) is 5.02 Å². The minimum Gasteiger partial charge on any atom is -0.480 e. The molecule has 1 aromatic heterocycles. The topological polar surface area (TPSA) is 96.6 Å². The molecule has 0 fully saturated rings. The van der Waals surface area contributed by atoms with Crippen LogP contribution in [0.25, 0.3) is 0 Å². The summed E-state index contributed by atoms with van der Waals surface area (Å²) in [7, 11) is 0. The van der Waals surface area contributed by atoms with Crippen LogP contribution in [-0.2, 0) is 30.1 Å². The Labute approximate surface area is 208 Å². The number of amides is 1. The summed E-state index contributed by atoms with van der Waals surface area (Å²) < 4.78 is 92.3. The van der Waals surface area contributed by atoms with Crippen LogP contribution in [0.4, 0.5) is 36.4 Å². The van der Waals surface area contributed by atoms with Gasteiger partial charge in [0.1, 0.15) is 18.2 Å². The highest BCUT2D eigenvalue weighted by atomic mass is 35.5. The standard InChI is InChI=1S/C22H14ClF7N4O3/c23-13-5-14(24)7-15(6-13)31-18(32-20(37)11-1-3-12(4-2-11)21(25,26)27)9-16-8-17(22(28,29)30)33-34(16)10-19(35)36/h1-8H,9-10H2,(H,35,36)(H,31,32,37). The second kappa shape index (κ2) is 10.6. The molecule has 7 nitrogen and oxygen atoms in total. The maximum atomic E-state index is 13.8. The number of aromatic nitrogens is 2. The zero-order valence-electron chi connectivity index (χ0n) is 18.2. The number of aliphatic carboxylic acids is 1. The predicted molar refractivity (Wildman–Crippen MR) is 116 cm³/mol. The number of nitrogens with zero attached hydrogens (tertiary/aromatic N) is 3. The van der Waals surface area contributed by atoms with Crippen molar-refractivity contribution in [3.8, 4) is 0 Å². The summed E-state index contributed by atoms with van der Waals surface area (Å²) in [6.07, 6.45) is -10.2. The van der Waals surface area contributed by atoms with E-state index in [0.29, 0.717) is 22.9 Å². The minimum absolute atomic E-state index is 0.0950. The van der Waals surface area contributed by atoms with E-state index in [2.05, 4.69) is 15.4 Å². The van der Waals surface area contributed by atoms with Gasteiger partial charge in [-0.2, -0.15) is 31.4 Å². The quantitative estimate of drug-likeness (QED) is 0.241. The zero-order valence-corrected chi connectivity index (χ0v) is 18.9. The van der Waals surface area contributed by atoms with Gasteiger partial charge >= 0.3 is 18.3 Å². The molecule has 0 radical (unpaired) electrons. The molecule has 0 bridgehead atoms. The third kappa shape index (κ3) is 7.52. The summed E-state index contributed by atoms with van der Waals surface area (Å²) in [5, 5.41) is 14.4. The van der Waals surface area contributed by atoms with Gasteiger partial charge in [0.2, 0.25) is 0 Å². The van der Waals surface area contributed by atoms with E-state index in [-0.39, 0.29) is 22.0 Å². The first-order valence-electron chi connectivity index (χ1n) is 10.00. The van der Waals surface area contributed by atoms with Gasteiger partial charge in [0.05, 0.1) is 11.3 Å². The Kier molecular flexibility index (Phi) is 7.91. The van der Waals surface area contributed by atoms with Gasteiger partial charge in [-0.1, -0.05) is 11.6 Å². The van der Waals surface area contributed by atoms with Crippen molar-refractivity contribution in [2.24, 2.45) is 4.99 Å². The highest BCUT2D eigenvalue weighted by Gasteiger charge is 2.35. The molecule has 1 heterocycles. The number of carbonyl (C=O) groups excluding carboxylic acids is 1. The fourth-order valence-corrected chi connectivity index (χ4v) is 3.27. The van der Waals surface area contributed by atoms with Crippen LogP contribution >= 0.6 is 11.6 Å². The van der Waals surface area contributed by atoms with Crippen molar-refractivity contribution in [3.05, 3.63) is 81.9 Å². The van der Waals surface area contributed by atoms with Crippen molar-refractivity contribution in [3.63, 3.8) is 0 Å². The highest BCUT2D eigenvalue weighted by molar-refractivity contribution is 6.30. The molecule has 0 aliphatic carbocycles. The molecule has 0 spiro atoms. The average Bonchev–Trinajstić information content (AvgIpc) is 3.14. The Morgan fingerprint density at radius 2 is 1.65 bits per heavy atom. The third-order valence-electron chi connectivity index (χ3n) is 4.63. The minimum atomic E-state index is -4.92. The van der Waals surface area contributed by atoms with Crippen molar-refractivity contribution < 1.29 is 45.4 Å². The number of hydrogen-bond donors (Lipinski definition) is 2. The fourth-order valence-electron chi connectivity index (χ4n) is 3.06. The predicted octanol–water partition coefficient (Wildman–Crippen LogP) is 5.50. The maximum absolute atomic E-state index is 13.8. The Hall–Kier alpha value is -3.94. The molecule has 0 saturated heterocycles. The Bertz CT molecular complexity index is 1330. The SMILES string of the molecule is O=C(O)Cn1nc(C(F)(F)F)cc1CC(=Nc1cc(F)cc(Cl)c1)NC(=O)c1ccc(C(F)(F)F)cc1. The first-order valence-corrected chi connectivity index (χ1v) is 10.4. The van der Waals surface area contributed by atoms with Crippen molar-refractivity contribution in [1.29, 1.82) is 0 Å². The number of amidine groups is 1. The number of alkyl halides is 6. The largest absolute Gasteiger partial charge is 0.480 e. The van der Waals surface area contributed by atoms with Crippen molar-refractivity contribution in [1.82, 2.24) is 15.1 Å². The van der Waals surface area contributed by atoms with Crippen LogP contribution < -0.4 is 5.32 Å². The zero-order chi connectivity index (χ0) is 27.5. The number of aliphatic imine (C=N–C) groups is 1. The van der Waals surface area contributed by atoms with E-state index in [9.17, 15) is 40.3 Å². The van der Waals surface area contributed by atoms with Crippen molar-refractivity contribution in [2.45, 2.75) is 25.3 Å². The number of carboxylic acids is 1. The Morgan fingerprint density at radius 1 is 1.00 bits per heavy atom. The fraction of sp³-hybridized carbons (Fsp3) is 0.182. The number of carboxylic acid groups (broad SMARTS) is 1. The molecular weight excluding hydrogens is 537 g/mol. The van der Waals surface area contributed by atoms with E-state index in [1.54, 1.807) is 0 Å². The number of nitrogens with one attached hydrogen (secondary N) is 1.